The summed E-state index contributed by atoms with van der Waals surface area (Å²) in [5, 5.41) is 3.01. The van der Waals surface area contributed by atoms with Crippen LogP contribution in [0.25, 0.3) is 0 Å². The molecule has 0 saturated heterocycles. The summed E-state index contributed by atoms with van der Waals surface area (Å²) in [6.07, 6.45) is 1.75. The number of carbonyl (C=O) groups excluding carboxylic acids is 2. The Morgan fingerprint density at radius 2 is 1.57 bits per heavy atom. The maximum Gasteiger partial charge on any atom is 0.243 e. The molecule has 5 nitrogen and oxygen atoms in total. The number of amides is 2. The lowest BCUT2D eigenvalue weighted by Gasteiger charge is -2.31. The van der Waals surface area contributed by atoms with E-state index in [0.29, 0.717) is 32.5 Å². The highest BCUT2D eigenvalue weighted by Crippen LogP contribution is 2.15. The smallest absolute Gasteiger partial charge is 0.243 e. The molecule has 2 aromatic rings. The molecule has 5 heteroatoms. The maximum absolute atomic E-state index is 13.2. The van der Waals surface area contributed by atoms with Gasteiger partial charge in [0, 0.05) is 32.5 Å². The molecule has 0 unspecified atom stereocenters. The fourth-order valence-electron chi connectivity index (χ4n) is 3.26. The van der Waals surface area contributed by atoms with Gasteiger partial charge in [0.25, 0.3) is 0 Å². The minimum absolute atomic E-state index is 0.0296. The molecular formula is C25H34N2O3. The first kappa shape index (κ1) is 23.6. The fourth-order valence-corrected chi connectivity index (χ4v) is 3.26. The van der Waals surface area contributed by atoms with E-state index in [0.717, 1.165) is 17.5 Å². The molecule has 0 aliphatic rings. The van der Waals surface area contributed by atoms with Gasteiger partial charge in [0.15, 0.2) is 0 Å². The zero-order chi connectivity index (χ0) is 21.8. The normalized spacial score (nSPS) is 11.9. The Bertz CT molecular complexity index is 762. The molecular weight excluding hydrogens is 376 g/mol. The van der Waals surface area contributed by atoms with Crippen molar-refractivity contribution in [3.63, 3.8) is 0 Å². The van der Waals surface area contributed by atoms with Gasteiger partial charge in [-0.1, -0.05) is 67.6 Å². The molecule has 0 aliphatic heterocycles. The van der Waals surface area contributed by atoms with Crippen molar-refractivity contribution < 1.29 is 14.3 Å². The molecule has 0 heterocycles. The molecule has 1 atom stereocenters. The first-order valence-electron chi connectivity index (χ1n) is 10.8. The van der Waals surface area contributed by atoms with E-state index in [1.807, 2.05) is 81.4 Å². The Hall–Kier alpha value is -2.66. The monoisotopic (exact) mass is 410 g/mol. The van der Waals surface area contributed by atoms with E-state index in [9.17, 15) is 9.59 Å². The van der Waals surface area contributed by atoms with Gasteiger partial charge in [-0.15, -0.1) is 0 Å². The van der Waals surface area contributed by atoms with Gasteiger partial charge in [-0.25, -0.2) is 0 Å². The van der Waals surface area contributed by atoms with Crippen molar-refractivity contribution in [2.24, 2.45) is 0 Å². The largest absolute Gasteiger partial charge is 0.379 e. The number of nitrogens with zero attached hydrogens (tertiary/aromatic N) is 1. The van der Waals surface area contributed by atoms with Crippen LogP contribution in [-0.2, 0) is 27.3 Å². The SMILES string of the molecule is CCC(=O)N(Cc1ccccc1)[C@@H](Cc1ccccc1)C(=O)NCCCOC(C)C. The quantitative estimate of drug-likeness (QED) is 0.539. The summed E-state index contributed by atoms with van der Waals surface area (Å²) < 4.78 is 5.55. The molecule has 0 radical (unpaired) electrons. The number of hydrogen-bond donors (Lipinski definition) is 1. The predicted molar refractivity (Wildman–Crippen MR) is 120 cm³/mol. The summed E-state index contributed by atoms with van der Waals surface area (Å²) in [5.74, 6) is -0.154. The number of rotatable bonds is 12. The molecule has 0 saturated carbocycles. The maximum atomic E-state index is 13.2. The van der Waals surface area contributed by atoms with Crippen molar-refractivity contribution >= 4 is 11.8 Å². The lowest BCUT2D eigenvalue weighted by molar-refractivity contribution is -0.141. The Morgan fingerprint density at radius 1 is 0.967 bits per heavy atom. The standard InChI is InChI=1S/C25H34N2O3/c1-4-24(28)27(19-22-14-9-6-10-15-22)23(18-21-12-7-5-8-13-21)25(29)26-16-11-17-30-20(2)3/h5-10,12-15,20,23H,4,11,16-19H2,1-3H3,(H,26,29)/t23-/m0/s1. The van der Waals surface area contributed by atoms with E-state index in [1.165, 1.54) is 0 Å². The number of ether oxygens (including phenoxy) is 1. The molecule has 2 rings (SSSR count). The van der Waals surface area contributed by atoms with Crippen LogP contribution in [0.2, 0.25) is 0 Å². The molecule has 0 spiro atoms. The lowest BCUT2D eigenvalue weighted by atomic mass is 10.0. The van der Waals surface area contributed by atoms with Crippen LogP contribution < -0.4 is 5.32 Å². The highest BCUT2D eigenvalue weighted by molar-refractivity contribution is 5.87. The highest BCUT2D eigenvalue weighted by Gasteiger charge is 2.29. The molecule has 0 aliphatic carbocycles. The number of carbonyl (C=O) groups is 2. The Balaban J connectivity index is 2.16. The second kappa shape index (κ2) is 12.8. The van der Waals surface area contributed by atoms with Crippen LogP contribution in [0.15, 0.2) is 60.7 Å². The molecule has 0 fully saturated rings. The van der Waals surface area contributed by atoms with E-state index in [1.54, 1.807) is 4.90 Å². The summed E-state index contributed by atoms with van der Waals surface area (Å²) in [4.78, 5) is 27.7. The van der Waals surface area contributed by atoms with Crippen molar-refractivity contribution in [2.75, 3.05) is 13.2 Å². The summed E-state index contributed by atoms with van der Waals surface area (Å²) in [6, 6.07) is 19.1. The first-order chi connectivity index (χ1) is 14.5. The van der Waals surface area contributed by atoms with Crippen LogP contribution in [0.5, 0.6) is 0 Å². The van der Waals surface area contributed by atoms with Crippen LogP contribution in [0, 0.1) is 0 Å². The van der Waals surface area contributed by atoms with E-state index in [-0.39, 0.29) is 17.9 Å². The molecule has 0 aromatic heterocycles. The minimum atomic E-state index is -0.564. The second-order valence-corrected chi connectivity index (χ2v) is 7.63. The van der Waals surface area contributed by atoms with Crippen molar-refractivity contribution in [3.05, 3.63) is 71.8 Å². The lowest BCUT2D eigenvalue weighted by Crippen LogP contribution is -2.50. The molecule has 30 heavy (non-hydrogen) atoms. The second-order valence-electron chi connectivity index (χ2n) is 7.63. The third-order valence-corrected chi connectivity index (χ3v) is 4.84. The van der Waals surface area contributed by atoms with Crippen molar-refractivity contribution in [1.82, 2.24) is 10.2 Å². The van der Waals surface area contributed by atoms with Crippen LogP contribution in [-0.4, -0.2) is 42.0 Å². The Kier molecular flexibility index (Phi) is 10.1. The van der Waals surface area contributed by atoms with Gasteiger partial charge in [0.2, 0.25) is 11.8 Å². The summed E-state index contributed by atoms with van der Waals surface area (Å²) in [5.41, 5.74) is 2.04. The van der Waals surface area contributed by atoms with Crippen LogP contribution in [0.4, 0.5) is 0 Å². The zero-order valence-corrected chi connectivity index (χ0v) is 18.3. The van der Waals surface area contributed by atoms with E-state index in [4.69, 9.17) is 4.74 Å². The van der Waals surface area contributed by atoms with Gasteiger partial charge >= 0.3 is 0 Å². The Labute approximate surface area is 180 Å². The number of hydrogen-bond acceptors (Lipinski definition) is 3. The third-order valence-electron chi connectivity index (χ3n) is 4.84. The third kappa shape index (κ3) is 7.99. The van der Waals surface area contributed by atoms with Gasteiger partial charge in [-0.3, -0.25) is 9.59 Å². The average Bonchev–Trinajstić information content (AvgIpc) is 2.76. The number of benzene rings is 2. The molecule has 1 N–H and O–H groups in total. The van der Waals surface area contributed by atoms with Crippen molar-refractivity contribution in [1.29, 1.82) is 0 Å². The van der Waals surface area contributed by atoms with Gasteiger partial charge in [-0.2, -0.15) is 0 Å². The molecule has 2 amide bonds. The molecule has 0 bridgehead atoms. The van der Waals surface area contributed by atoms with E-state index >= 15 is 0 Å². The number of nitrogens with one attached hydrogen (secondary N) is 1. The zero-order valence-electron chi connectivity index (χ0n) is 18.3. The minimum Gasteiger partial charge on any atom is -0.379 e. The van der Waals surface area contributed by atoms with Gasteiger partial charge < -0.3 is 15.0 Å². The van der Waals surface area contributed by atoms with Crippen LogP contribution >= 0.6 is 0 Å². The Morgan fingerprint density at radius 3 is 2.13 bits per heavy atom. The van der Waals surface area contributed by atoms with Crippen molar-refractivity contribution in [2.45, 2.75) is 58.7 Å². The summed E-state index contributed by atoms with van der Waals surface area (Å²) in [7, 11) is 0. The van der Waals surface area contributed by atoms with E-state index in [2.05, 4.69) is 5.32 Å². The van der Waals surface area contributed by atoms with Crippen LogP contribution in [0.1, 0.15) is 44.7 Å². The predicted octanol–water partition coefficient (Wildman–Crippen LogP) is 3.97. The topological polar surface area (TPSA) is 58.6 Å². The van der Waals surface area contributed by atoms with Gasteiger partial charge in [-0.05, 0) is 31.4 Å². The highest BCUT2D eigenvalue weighted by atomic mass is 16.5. The summed E-state index contributed by atoms with van der Waals surface area (Å²) >= 11 is 0. The molecule has 162 valence electrons. The van der Waals surface area contributed by atoms with E-state index < -0.39 is 6.04 Å². The first-order valence-corrected chi connectivity index (χ1v) is 10.8. The van der Waals surface area contributed by atoms with Crippen LogP contribution in [0.3, 0.4) is 0 Å². The van der Waals surface area contributed by atoms with Gasteiger partial charge in [0.05, 0.1) is 6.10 Å². The molecule has 2 aromatic carbocycles. The fraction of sp³-hybridized carbons (Fsp3) is 0.440. The van der Waals surface area contributed by atoms with Crippen molar-refractivity contribution in [3.8, 4) is 0 Å². The summed E-state index contributed by atoms with van der Waals surface area (Å²) in [6.45, 7) is 7.35. The average molecular weight is 411 g/mol. The van der Waals surface area contributed by atoms with Gasteiger partial charge in [0.1, 0.15) is 6.04 Å².